The number of ether oxygens (including phenoxy) is 1. The van der Waals surface area contributed by atoms with Gasteiger partial charge in [-0.2, -0.15) is 0 Å². The molecule has 1 saturated carbocycles. The Labute approximate surface area is 140 Å². The molecule has 4 nitrogen and oxygen atoms in total. The van der Waals surface area contributed by atoms with Crippen LogP contribution in [0.3, 0.4) is 0 Å². The molecule has 0 radical (unpaired) electrons. The molecule has 3 aliphatic rings. The number of carbonyl (C=O) groups is 1. The Balaban J connectivity index is 1.55. The highest BCUT2D eigenvalue weighted by Gasteiger charge is 2.26. The first-order chi connectivity index (χ1) is 11.3. The highest BCUT2D eigenvalue weighted by atomic mass is 16.5. The first-order valence-corrected chi connectivity index (χ1v) is 9.63. The molecule has 23 heavy (non-hydrogen) atoms. The number of carbonyl (C=O) groups excluding carboxylic acids is 1. The van der Waals surface area contributed by atoms with E-state index in [-0.39, 0.29) is 12.1 Å². The Bertz CT molecular complexity index is 398. The van der Waals surface area contributed by atoms with E-state index in [0.29, 0.717) is 12.0 Å². The van der Waals surface area contributed by atoms with Crippen molar-refractivity contribution in [2.75, 3.05) is 19.7 Å². The maximum Gasteiger partial charge on any atom is 0.317 e. The number of nitrogens with one attached hydrogen (secondary N) is 1. The Morgan fingerprint density at radius 3 is 2.61 bits per heavy atom. The summed E-state index contributed by atoms with van der Waals surface area (Å²) in [6.45, 7) is 2.50. The van der Waals surface area contributed by atoms with Gasteiger partial charge in [0.15, 0.2) is 0 Å². The lowest BCUT2D eigenvalue weighted by molar-refractivity contribution is 0.0755. The van der Waals surface area contributed by atoms with Gasteiger partial charge >= 0.3 is 6.03 Å². The van der Waals surface area contributed by atoms with E-state index < -0.39 is 0 Å². The average Bonchev–Trinajstić information content (AvgIpc) is 3.09. The molecule has 1 aliphatic heterocycles. The second-order valence-corrected chi connectivity index (χ2v) is 7.47. The Hall–Kier alpha value is -1.03. The maximum absolute atomic E-state index is 12.8. The largest absolute Gasteiger partial charge is 0.376 e. The molecule has 0 aromatic heterocycles. The normalized spacial score (nSPS) is 28.7. The van der Waals surface area contributed by atoms with E-state index in [0.717, 1.165) is 58.2 Å². The van der Waals surface area contributed by atoms with E-state index >= 15 is 0 Å². The van der Waals surface area contributed by atoms with Crippen LogP contribution < -0.4 is 5.32 Å². The molecule has 130 valence electrons. The van der Waals surface area contributed by atoms with Crippen molar-refractivity contribution in [1.82, 2.24) is 10.2 Å². The fourth-order valence-corrected chi connectivity index (χ4v) is 4.12. The summed E-state index contributed by atoms with van der Waals surface area (Å²) < 4.78 is 5.78. The predicted octanol–water partition coefficient (Wildman–Crippen LogP) is 3.87. The third-order valence-electron chi connectivity index (χ3n) is 5.52. The van der Waals surface area contributed by atoms with Gasteiger partial charge in [0, 0.05) is 25.7 Å². The molecule has 2 amide bonds. The lowest BCUT2D eigenvalue weighted by Gasteiger charge is -2.32. The first kappa shape index (κ1) is 16.8. The quantitative estimate of drug-likeness (QED) is 0.781. The molecule has 0 aromatic carbocycles. The van der Waals surface area contributed by atoms with Crippen molar-refractivity contribution in [3.8, 4) is 0 Å². The number of allylic oxidation sites excluding steroid dienone is 2. The van der Waals surface area contributed by atoms with Gasteiger partial charge in [0.05, 0.1) is 6.10 Å². The van der Waals surface area contributed by atoms with Gasteiger partial charge in [0.1, 0.15) is 0 Å². The minimum atomic E-state index is 0.141. The zero-order valence-electron chi connectivity index (χ0n) is 14.3. The van der Waals surface area contributed by atoms with Crippen LogP contribution in [0, 0.1) is 5.92 Å². The van der Waals surface area contributed by atoms with Crippen LogP contribution >= 0.6 is 0 Å². The molecule has 2 fully saturated rings. The van der Waals surface area contributed by atoms with Crippen LogP contribution in [0.2, 0.25) is 0 Å². The van der Waals surface area contributed by atoms with Gasteiger partial charge in [-0.1, -0.05) is 31.4 Å². The molecule has 0 aromatic rings. The Morgan fingerprint density at radius 2 is 1.91 bits per heavy atom. The van der Waals surface area contributed by atoms with Gasteiger partial charge in [-0.05, 0) is 50.9 Å². The molecule has 4 heteroatoms. The van der Waals surface area contributed by atoms with Crippen LogP contribution in [0.15, 0.2) is 12.2 Å². The van der Waals surface area contributed by atoms with Crippen LogP contribution in [0.25, 0.3) is 0 Å². The van der Waals surface area contributed by atoms with Crippen LogP contribution in [0.4, 0.5) is 4.79 Å². The molecule has 1 N–H and O–H groups in total. The van der Waals surface area contributed by atoms with Crippen LogP contribution in [0.1, 0.15) is 64.2 Å². The molecular weight excluding hydrogens is 288 g/mol. The second-order valence-electron chi connectivity index (χ2n) is 7.47. The maximum atomic E-state index is 12.8. The lowest BCUT2D eigenvalue weighted by Crippen LogP contribution is -2.49. The van der Waals surface area contributed by atoms with Crippen LogP contribution in [0.5, 0.6) is 0 Å². The molecule has 1 saturated heterocycles. The van der Waals surface area contributed by atoms with Crippen molar-refractivity contribution >= 4 is 6.03 Å². The zero-order chi connectivity index (χ0) is 15.9. The predicted molar refractivity (Wildman–Crippen MR) is 92.4 cm³/mol. The first-order valence-electron chi connectivity index (χ1n) is 9.63. The Morgan fingerprint density at radius 1 is 1.04 bits per heavy atom. The number of rotatable bonds is 5. The highest BCUT2D eigenvalue weighted by Crippen LogP contribution is 2.22. The van der Waals surface area contributed by atoms with Gasteiger partial charge in [-0.3, -0.25) is 0 Å². The molecule has 2 atom stereocenters. The molecule has 3 rings (SSSR count). The molecule has 2 aliphatic carbocycles. The Kier molecular flexibility index (Phi) is 6.37. The molecule has 0 bridgehead atoms. The number of hydrogen-bond acceptors (Lipinski definition) is 2. The summed E-state index contributed by atoms with van der Waals surface area (Å²) in [5.41, 5.74) is 0. The number of hydrogen-bond donors (Lipinski definition) is 1. The van der Waals surface area contributed by atoms with Crippen LogP contribution in [-0.4, -0.2) is 42.8 Å². The van der Waals surface area contributed by atoms with Crippen molar-refractivity contribution < 1.29 is 9.53 Å². The van der Waals surface area contributed by atoms with Crippen molar-refractivity contribution in [1.29, 1.82) is 0 Å². The minimum absolute atomic E-state index is 0.141. The fourth-order valence-electron chi connectivity index (χ4n) is 4.12. The van der Waals surface area contributed by atoms with Gasteiger partial charge in [-0.15, -0.1) is 0 Å². The summed E-state index contributed by atoms with van der Waals surface area (Å²) in [6, 6.07) is 0.524. The van der Waals surface area contributed by atoms with E-state index in [2.05, 4.69) is 22.4 Å². The second kappa shape index (κ2) is 8.72. The monoisotopic (exact) mass is 320 g/mol. The van der Waals surface area contributed by atoms with E-state index in [1.807, 2.05) is 0 Å². The van der Waals surface area contributed by atoms with E-state index in [1.165, 1.54) is 25.7 Å². The zero-order valence-corrected chi connectivity index (χ0v) is 14.3. The number of urea groups is 1. The summed E-state index contributed by atoms with van der Waals surface area (Å²) in [5, 5.41) is 3.30. The number of amides is 2. The summed E-state index contributed by atoms with van der Waals surface area (Å²) in [7, 11) is 0. The molecule has 1 heterocycles. The SMILES string of the molecule is O=C(NC1CCCCC1)N(C[C@H]1CC=CCC1)C[C@@H]1CCCO1. The summed E-state index contributed by atoms with van der Waals surface area (Å²) in [6.07, 6.45) is 16.6. The lowest BCUT2D eigenvalue weighted by atomic mass is 9.93. The topological polar surface area (TPSA) is 41.6 Å². The van der Waals surface area contributed by atoms with Crippen LogP contribution in [-0.2, 0) is 4.74 Å². The fraction of sp³-hybridized carbons (Fsp3) is 0.842. The van der Waals surface area contributed by atoms with Gasteiger partial charge in [-0.25, -0.2) is 4.79 Å². The van der Waals surface area contributed by atoms with Crippen molar-refractivity contribution in [2.24, 2.45) is 5.92 Å². The molecule has 0 spiro atoms. The smallest absolute Gasteiger partial charge is 0.317 e. The minimum Gasteiger partial charge on any atom is -0.376 e. The summed E-state index contributed by atoms with van der Waals surface area (Å²) in [4.78, 5) is 14.9. The highest BCUT2D eigenvalue weighted by molar-refractivity contribution is 5.74. The van der Waals surface area contributed by atoms with E-state index in [9.17, 15) is 4.79 Å². The van der Waals surface area contributed by atoms with Crippen molar-refractivity contribution in [3.63, 3.8) is 0 Å². The molecule has 0 unspecified atom stereocenters. The third kappa shape index (κ3) is 5.23. The summed E-state index contributed by atoms with van der Waals surface area (Å²) in [5.74, 6) is 0.610. The van der Waals surface area contributed by atoms with Crippen molar-refractivity contribution in [2.45, 2.75) is 76.4 Å². The summed E-state index contributed by atoms with van der Waals surface area (Å²) >= 11 is 0. The van der Waals surface area contributed by atoms with E-state index in [4.69, 9.17) is 4.74 Å². The standard InChI is InChI=1S/C19H32N2O2/c22-19(20-17-10-5-2-6-11-17)21(15-18-12-7-13-23-18)14-16-8-3-1-4-9-16/h1,3,16-18H,2,4-15H2,(H,20,22)/t16-,18-/m0/s1. The van der Waals surface area contributed by atoms with Gasteiger partial charge < -0.3 is 15.0 Å². The van der Waals surface area contributed by atoms with E-state index in [1.54, 1.807) is 0 Å². The number of nitrogens with zero attached hydrogens (tertiary/aromatic N) is 1. The average molecular weight is 320 g/mol. The molecular formula is C19H32N2O2. The van der Waals surface area contributed by atoms with Gasteiger partial charge in [0.2, 0.25) is 0 Å². The van der Waals surface area contributed by atoms with Gasteiger partial charge in [0.25, 0.3) is 0 Å². The van der Waals surface area contributed by atoms with Crippen molar-refractivity contribution in [3.05, 3.63) is 12.2 Å². The third-order valence-corrected chi connectivity index (χ3v) is 5.52.